The second-order valence-electron chi connectivity index (χ2n) is 5.38. The highest BCUT2D eigenvalue weighted by Crippen LogP contribution is 2.23. The van der Waals surface area contributed by atoms with Crippen LogP contribution in [0.25, 0.3) is 0 Å². The second-order valence-corrected chi connectivity index (χ2v) is 5.38. The number of ketones is 1. The topological polar surface area (TPSA) is 53.3 Å². The maximum atomic E-state index is 11.6. The van der Waals surface area contributed by atoms with Crippen molar-refractivity contribution in [3.8, 4) is 11.8 Å². The number of likely N-dealkylation sites (N-methyl/N-ethyl adjacent to an activating group) is 1. The molecule has 0 N–H and O–H groups in total. The average Bonchev–Trinajstić information content (AvgIpc) is 2.59. The van der Waals surface area contributed by atoms with Gasteiger partial charge in [0.05, 0.1) is 18.4 Å². The summed E-state index contributed by atoms with van der Waals surface area (Å²) in [6.07, 6.45) is 0.787. The number of benzene rings is 2. The third-order valence-electron chi connectivity index (χ3n) is 3.85. The third-order valence-corrected chi connectivity index (χ3v) is 3.85. The van der Waals surface area contributed by atoms with Gasteiger partial charge in [0, 0.05) is 19.2 Å². The number of Topliss-reactive ketones (excluding diaryl/α,β-unsaturated/α-hetero) is 1. The Hall–Kier alpha value is -2.80. The Kier molecular flexibility index (Phi) is 5.37. The van der Waals surface area contributed by atoms with Crippen molar-refractivity contribution in [1.82, 2.24) is 0 Å². The van der Waals surface area contributed by atoms with Crippen molar-refractivity contribution in [2.24, 2.45) is 0 Å². The van der Waals surface area contributed by atoms with E-state index in [-0.39, 0.29) is 5.78 Å². The number of rotatable bonds is 6. The van der Waals surface area contributed by atoms with E-state index in [1.54, 1.807) is 25.3 Å². The van der Waals surface area contributed by atoms with E-state index in [2.05, 4.69) is 6.07 Å². The van der Waals surface area contributed by atoms with Crippen LogP contribution in [0.3, 0.4) is 0 Å². The van der Waals surface area contributed by atoms with Gasteiger partial charge >= 0.3 is 0 Å². The standard InChI is InChI=1S/C19H20N2O2/c1-14(22)16-8-9-17(13-20)18(12-16)21(2)11-10-15-6-4-5-7-19(15)23-3/h4-9,12H,10-11H2,1-3H3. The molecule has 0 heterocycles. The minimum absolute atomic E-state index is 0.00568. The van der Waals surface area contributed by atoms with Gasteiger partial charge in [0.25, 0.3) is 0 Å². The van der Waals surface area contributed by atoms with Gasteiger partial charge in [0.1, 0.15) is 11.8 Å². The van der Waals surface area contributed by atoms with Gasteiger partial charge in [-0.15, -0.1) is 0 Å². The van der Waals surface area contributed by atoms with E-state index in [4.69, 9.17) is 4.74 Å². The normalized spacial score (nSPS) is 10.0. The van der Waals surface area contributed by atoms with E-state index in [1.165, 1.54) is 6.92 Å². The number of methoxy groups -OCH3 is 1. The summed E-state index contributed by atoms with van der Waals surface area (Å²) in [5, 5.41) is 9.28. The van der Waals surface area contributed by atoms with Crippen LogP contribution in [-0.4, -0.2) is 26.5 Å². The van der Waals surface area contributed by atoms with Crippen molar-refractivity contribution < 1.29 is 9.53 Å². The van der Waals surface area contributed by atoms with Gasteiger partial charge in [-0.25, -0.2) is 0 Å². The lowest BCUT2D eigenvalue weighted by atomic mass is 10.1. The van der Waals surface area contributed by atoms with Crippen LogP contribution in [0.2, 0.25) is 0 Å². The second kappa shape index (κ2) is 7.46. The molecule has 4 heteroatoms. The predicted octanol–water partition coefficient (Wildman–Crippen LogP) is 3.45. The molecule has 0 fully saturated rings. The Morgan fingerprint density at radius 2 is 2.00 bits per heavy atom. The molecule has 2 aromatic carbocycles. The Balaban J connectivity index is 2.20. The number of carbonyl (C=O) groups excluding carboxylic acids is 1. The molecular formula is C19H20N2O2. The van der Waals surface area contributed by atoms with Gasteiger partial charge in [0.2, 0.25) is 0 Å². The fourth-order valence-corrected chi connectivity index (χ4v) is 2.48. The number of para-hydroxylation sites is 1. The molecule has 0 radical (unpaired) electrons. The molecule has 23 heavy (non-hydrogen) atoms. The van der Waals surface area contributed by atoms with Crippen LogP contribution in [0.4, 0.5) is 5.69 Å². The lowest BCUT2D eigenvalue weighted by Gasteiger charge is -2.21. The molecule has 0 aliphatic carbocycles. The van der Waals surface area contributed by atoms with E-state index >= 15 is 0 Å². The number of ether oxygens (including phenoxy) is 1. The first kappa shape index (κ1) is 16.6. The van der Waals surface area contributed by atoms with Crippen molar-refractivity contribution in [2.45, 2.75) is 13.3 Å². The van der Waals surface area contributed by atoms with Crippen molar-refractivity contribution in [1.29, 1.82) is 5.26 Å². The monoisotopic (exact) mass is 308 g/mol. The van der Waals surface area contributed by atoms with E-state index in [9.17, 15) is 10.1 Å². The summed E-state index contributed by atoms with van der Waals surface area (Å²) in [4.78, 5) is 13.6. The first-order chi connectivity index (χ1) is 11.1. The first-order valence-electron chi connectivity index (χ1n) is 7.45. The first-order valence-corrected chi connectivity index (χ1v) is 7.45. The van der Waals surface area contributed by atoms with E-state index in [0.29, 0.717) is 11.1 Å². The number of hydrogen-bond acceptors (Lipinski definition) is 4. The zero-order chi connectivity index (χ0) is 16.8. The van der Waals surface area contributed by atoms with E-state index in [0.717, 1.165) is 30.0 Å². The summed E-state index contributed by atoms with van der Waals surface area (Å²) in [5.74, 6) is 0.854. The average molecular weight is 308 g/mol. The lowest BCUT2D eigenvalue weighted by molar-refractivity contribution is 0.101. The molecule has 0 unspecified atom stereocenters. The van der Waals surface area contributed by atoms with Gasteiger partial charge in [-0.2, -0.15) is 5.26 Å². The number of hydrogen-bond donors (Lipinski definition) is 0. The van der Waals surface area contributed by atoms with Crippen LogP contribution < -0.4 is 9.64 Å². The molecule has 0 atom stereocenters. The molecule has 0 saturated carbocycles. The van der Waals surface area contributed by atoms with Crippen LogP contribution in [-0.2, 0) is 6.42 Å². The SMILES string of the molecule is COc1ccccc1CCN(C)c1cc(C(C)=O)ccc1C#N. The van der Waals surface area contributed by atoms with Gasteiger partial charge in [0.15, 0.2) is 5.78 Å². The highest BCUT2D eigenvalue weighted by atomic mass is 16.5. The van der Waals surface area contributed by atoms with Crippen molar-refractivity contribution in [3.05, 3.63) is 59.2 Å². The Bertz CT molecular complexity index is 747. The highest BCUT2D eigenvalue weighted by Gasteiger charge is 2.11. The Morgan fingerprint density at radius 1 is 1.26 bits per heavy atom. The van der Waals surface area contributed by atoms with E-state index in [1.807, 2.05) is 36.2 Å². The number of anilines is 1. The zero-order valence-corrected chi connectivity index (χ0v) is 13.7. The maximum absolute atomic E-state index is 11.6. The molecule has 2 rings (SSSR count). The number of nitriles is 1. The molecular weight excluding hydrogens is 288 g/mol. The highest BCUT2D eigenvalue weighted by molar-refractivity contribution is 5.95. The van der Waals surface area contributed by atoms with Crippen molar-refractivity contribution >= 4 is 11.5 Å². The summed E-state index contributed by atoms with van der Waals surface area (Å²) in [7, 11) is 3.59. The minimum atomic E-state index is -0.00568. The van der Waals surface area contributed by atoms with Crippen LogP contribution >= 0.6 is 0 Å². The Morgan fingerprint density at radius 3 is 2.65 bits per heavy atom. The molecule has 0 aromatic heterocycles. The quantitative estimate of drug-likeness (QED) is 0.767. The zero-order valence-electron chi connectivity index (χ0n) is 13.7. The number of carbonyl (C=O) groups is 1. The van der Waals surface area contributed by atoms with Gasteiger partial charge in [-0.1, -0.05) is 18.2 Å². The van der Waals surface area contributed by atoms with Crippen LogP contribution in [0.5, 0.6) is 5.75 Å². The largest absolute Gasteiger partial charge is 0.496 e. The summed E-state index contributed by atoms with van der Waals surface area (Å²) in [6, 6.07) is 15.2. The molecule has 0 amide bonds. The number of nitrogens with zero attached hydrogens (tertiary/aromatic N) is 2. The van der Waals surface area contributed by atoms with Gasteiger partial charge < -0.3 is 9.64 Å². The molecule has 0 saturated heterocycles. The molecule has 0 aliphatic heterocycles. The van der Waals surface area contributed by atoms with E-state index < -0.39 is 0 Å². The Labute approximate surface area is 136 Å². The lowest BCUT2D eigenvalue weighted by Crippen LogP contribution is -2.21. The smallest absolute Gasteiger partial charge is 0.159 e. The summed E-state index contributed by atoms with van der Waals surface area (Å²) >= 11 is 0. The molecule has 4 nitrogen and oxygen atoms in total. The predicted molar refractivity (Wildman–Crippen MR) is 91.1 cm³/mol. The fourth-order valence-electron chi connectivity index (χ4n) is 2.48. The minimum Gasteiger partial charge on any atom is -0.496 e. The van der Waals surface area contributed by atoms with Crippen LogP contribution in [0.1, 0.15) is 28.4 Å². The maximum Gasteiger partial charge on any atom is 0.159 e. The molecule has 0 spiro atoms. The molecule has 0 bridgehead atoms. The molecule has 118 valence electrons. The van der Waals surface area contributed by atoms with Gasteiger partial charge in [-0.05, 0) is 43.2 Å². The third kappa shape index (κ3) is 3.89. The van der Waals surface area contributed by atoms with Crippen molar-refractivity contribution in [3.63, 3.8) is 0 Å². The van der Waals surface area contributed by atoms with Crippen LogP contribution in [0, 0.1) is 11.3 Å². The summed E-state index contributed by atoms with van der Waals surface area (Å²) < 4.78 is 5.36. The summed E-state index contributed by atoms with van der Waals surface area (Å²) in [6.45, 7) is 2.25. The summed E-state index contributed by atoms with van der Waals surface area (Å²) in [5.41, 5.74) is 3.07. The van der Waals surface area contributed by atoms with Crippen LogP contribution in [0.15, 0.2) is 42.5 Å². The molecule has 0 aliphatic rings. The van der Waals surface area contributed by atoms with Gasteiger partial charge in [-0.3, -0.25) is 4.79 Å². The van der Waals surface area contributed by atoms with Crippen molar-refractivity contribution in [2.75, 3.05) is 25.6 Å². The molecule has 2 aromatic rings. The fraction of sp³-hybridized carbons (Fsp3) is 0.263.